The number of hydrogen-bond donors (Lipinski definition) is 2. The molecule has 15 heavy (non-hydrogen) atoms. The Labute approximate surface area is 91.8 Å². The number of rotatable bonds is 2. The summed E-state index contributed by atoms with van der Waals surface area (Å²) in [6, 6.07) is 2.79. The van der Waals surface area contributed by atoms with E-state index in [-0.39, 0.29) is 23.2 Å². The van der Waals surface area contributed by atoms with Gasteiger partial charge in [0.25, 0.3) is 11.8 Å². The molecule has 1 heterocycles. The number of aromatic nitrogens is 1. The molecule has 0 saturated carbocycles. The molecule has 0 aliphatic heterocycles. The molecule has 0 aliphatic rings. The zero-order chi connectivity index (χ0) is 11.4. The van der Waals surface area contributed by atoms with Gasteiger partial charge in [-0.3, -0.25) is 9.59 Å². The summed E-state index contributed by atoms with van der Waals surface area (Å²) in [6.45, 7) is 0. The van der Waals surface area contributed by atoms with Crippen LogP contribution >= 0.6 is 11.6 Å². The lowest BCUT2D eigenvalue weighted by molar-refractivity contribution is 0.0954. The van der Waals surface area contributed by atoms with Gasteiger partial charge in [-0.1, -0.05) is 11.6 Å². The number of halogens is 1. The fourth-order valence-corrected chi connectivity index (χ4v) is 1.19. The van der Waals surface area contributed by atoms with Gasteiger partial charge in [-0.05, 0) is 12.1 Å². The SMILES string of the molecule is CNC(=O)c1cc(Cl)cc(C(=O)NC)n1. The number of hydrogen-bond acceptors (Lipinski definition) is 3. The number of pyridine rings is 1. The lowest BCUT2D eigenvalue weighted by atomic mass is 10.2. The van der Waals surface area contributed by atoms with Crippen LogP contribution in [0.25, 0.3) is 0 Å². The number of nitrogens with one attached hydrogen (secondary N) is 2. The first-order valence-corrected chi connectivity index (χ1v) is 4.58. The highest BCUT2D eigenvalue weighted by atomic mass is 35.5. The van der Waals surface area contributed by atoms with E-state index >= 15 is 0 Å². The normalized spacial score (nSPS) is 9.53. The van der Waals surface area contributed by atoms with E-state index in [0.717, 1.165) is 0 Å². The van der Waals surface area contributed by atoms with E-state index in [1.54, 1.807) is 0 Å². The van der Waals surface area contributed by atoms with Gasteiger partial charge < -0.3 is 10.6 Å². The molecule has 1 aromatic rings. The minimum atomic E-state index is -0.386. The highest BCUT2D eigenvalue weighted by Crippen LogP contribution is 2.11. The maximum Gasteiger partial charge on any atom is 0.269 e. The van der Waals surface area contributed by atoms with Gasteiger partial charge in [0.05, 0.1) is 0 Å². The van der Waals surface area contributed by atoms with Crippen molar-refractivity contribution in [2.75, 3.05) is 14.1 Å². The second-order valence-electron chi connectivity index (χ2n) is 2.71. The third-order valence-electron chi connectivity index (χ3n) is 1.71. The highest BCUT2D eigenvalue weighted by molar-refractivity contribution is 6.31. The summed E-state index contributed by atoms with van der Waals surface area (Å²) in [5.74, 6) is -0.773. The van der Waals surface area contributed by atoms with Crippen molar-refractivity contribution in [2.24, 2.45) is 0 Å². The predicted molar refractivity (Wildman–Crippen MR) is 56.0 cm³/mol. The summed E-state index contributed by atoms with van der Waals surface area (Å²) in [7, 11) is 2.95. The maximum absolute atomic E-state index is 11.3. The third kappa shape index (κ3) is 2.66. The van der Waals surface area contributed by atoms with Crippen LogP contribution in [0.4, 0.5) is 0 Å². The monoisotopic (exact) mass is 227 g/mol. The third-order valence-corrected chi connectivity index (χ3v) is 1.93. The number of carbonyl (C=O) groups is 2. The van der Waals surface area contributed by atoms with Crippen LogP contribution in [0.3, 0.4) is 0 Å². The van der Waals surface area contributed by atoms with Gasteiger partial charge in [-0.25, -0.2) is 4.98 Å². The van der Waals surface area contributed by atoms with Crippen LogP contribution < -0.4 is 10.6 Å². The lowest BCUT2D eigenvalue weighted by Gasteiger charge is -2.03. The fourth-order valence-electron chi connectivity index (χ4n) is 0.986. The first-order valence-electron chi connectivity index (χ1n) is 4.20. The van der Waals surface area contributed by atoms with Gasteiger partial charge >= 0.3 is 0 Å². The van der Waals surface area contributed by atoms with Gasteiger partial charge in [-0.2, -0.15) is 0 Å². The van der Waals surface area contributed by atoms with Crippen LogP contribution in [-0.2, 0) is 0 Å². The summed E-state index contributed by atoms with van der Waals surface area (Å²) >= 11 is 5.75. The molecule has 0 spiro atoms. The van der Waals surface area contributed by atoms with Crippen molar-refractivity contribution in [3.8, 4) is 0 Å². The van der Waals surface area contributed by atoms with Gasteiger partial charge in [0.2, 0.25) is 0 Å². The van der Waals surface area contributed by atoms with Crippen molar-refractivity contribution in [2.45, 2.75) is 0 Å². The molecular formula is C9H10ClN3O2. The van der Waals surface area contributed by atoms with Crippen molar-refractivity contribution in [1.29, 1.82) is 0 Å². The molecule has 1 rings (SSSR count). The van der Waals surface area contributed by atoms with Gasteiger partial charge in [0.1, 0.15) is 11.4 Å². The van der Waals surface area contributed by atoms with Crippen LogP contribution in [-0.4, -0.2) is 30.9 Å². The van der Waals surface area contributed by atoms with Crippen molar-refractivity contribution in [3.63, 3.8) is 0 Å². The smallest absolute Gasteiger partial charge is 0.269 e. The summed E-state index contributed by atoms with van der Waals surface area (Å²) in [5.41, 5.74) is 0.229. The molecule has 1 aromatic heterocycles. The van der Waals surface area contributed by atoms with E-state index in [9.17, 15) is 9.59 Å². The molecule has 2 amide bonds. The lowest BCUT2D eigenvalue weighted by Crippen LogP contribution is -2.23. The molecule has 0 bridgehead atoms. The molecule has 0 radical (unpaired) electrons. The molecule has 6 heteroatoms. The molecule has 80 valence electrons. The standard InChI is InChI=1S/C9H10ClN3O2/c1-11-8(14)6-3-5(10)4-7(13-6)9(15)12-2/h3-4H,1-2H3,(H,11,14)(H,12,15). The second-order valence-corrected chi connectivity index (χ2v) is 3.15. The Kier molecular flexibility index (Phi) is 3.62. The number of carbonyl (C=O) groups excluding carboxylic acids is 2. The first kappa shape index (κ1) is 11.5. The van der Waals surface area contributed by atoms with E-state index < -0.39 is 0 Å². The van der Waals surface area contributed by atoms with Crippen LogP contribution in [0.15, 0.2) is 12.1 Å². The van der Waals surface area contributed by atoms with E-state index in [1.807, 2.05) is 0 Å². The molecule has 0 unspecified atom stereocenters. The Balaban J connectivity index is 3.16. The average Bonchev–Trinajstić information content (AvgIpc) is 2.26. The van der Waals surface area contributed by atoms with Crippen molar-refractivity contribution in [1.82, 2.24) is 15.6 Å². The zero-order valence-electron chi connectivity index (χ0n) is 8.30. The molecule has 0 aliphatic carbocycles. The fraction of sp³-hybridized carbons (Fsp3) is 0.222. The number of amides is 2. The minimum absolute atomic E-state index is 0.114. The highest BCUT2D eigenvalue weighted by Gasteiger charge is 2.12. The van der Waals surface area contributed by atoms with Crippen LogP contribution in [0.2, 0.25) is 5.02 Å². The molecule has 0 saturated heterocycles. The Bertz CT molecular complexity index is 372. The Morgan fingerprint density at radius 1 is 1.13 bits per heavy atom. The van der Waals surface area contributed by atoms with Crippen molar-refractivity contribution < 1.29 is 9.59 Å². The zero-order valence-corrected chi connectivity index (χ0v) is 9.05. The van der Waals surface area contributed by atoms with Gasteiger partial charge in [0, 0.05) is 19.1 Å². The largest absolute Gasteiger partial charge is 0.354 e. The molecule has 0 aromatic carbocycles. The molecule has 0 fully saturated rings. The summed E-state index contributed by atoms with van der Waals surface area (Å²) in [5, 5.41) is 5.10. The molecule has 2 N–H and O–H groups in total. The van der Waals surface area contributed by atoms with Crippen molar-refractivity contribution in [3.05, 3.63) is 28.5 Å². The van der Waals surface area contributed by atoms with Crippen molar-refractivity contribution >= 4 is 23.4 Å². The number of nitrogens with zero attached hydrogens (tertiary/aromatic N) is 1. The Morgan fingerprint density at radius 3 is 1.87 bits per heavy atom. The summed E-state index contributed by atoms with van der Waals surface area (Å²) < 4.78 is 0. The van der Waals surface area contributed by atoms with Gasteiger partial charge in [0.15, 0.2) is 0 Å². The van der Waals surface area contributed by atoms with Crippen LogP contribution in [0, 0.1) is 0 Å². The molecule has 5 nitrogen and oxygen atoms in total. The van der Waals surface area contributed by atoms with Crippen LogP contribution in [0.5, 0.6) is 0 Å². The van der Waals surface area contributed by atoms with Crippen LogP contribution in [0.1, 0.15) is 21.0 Å². The minimum Gasteiger partial charge on any atom is -0.354 e. The van der Waals surface area contributed by atoms with E-state index in [4.69, 9.17) is 11.6 Å². The van der Waals surface area contributed by atoms with Gasteiger partial charge in [-0.15, -0.1) is 0 Å². The topological polar surface area (TPSA) is 71.1 Å². The Morgan fingerprint density at radius 2 is 1.53 bits per heavy atom. The van der Waals surface area contributed by atoms with E-state index in [1.165, 1.54) is 26.2 Å². The first-order chi connectivity index (χ1) is 7.08. The quantitative estimate of drug-likeness (QED) is 0.771. The van der Waals surface area contributed by atoms with E-state index in [0.29, 0.717) is 5.02 Å². The molecular weight excluding hydrogens is 218 g/mol. The molecule has 0 atom stereocenters. The van der Waals surface area contributed by atoms with E-state index in [2.05, 4.69) is 15.6 Å². The maximum atomic E-state index is 11.3. The Hall–Kier alpha value is -1.62. The second kappa shape index (κ2) is 4.75. The predicted octanol–water partition coefficient (Wildman–Crippen LogP) is 0.454. The summed E-state index contributed by atoms with van der Waals surface area (Å²) in [4.78, 5) is 26.4. The average molecular weight is 228 g/mol. The summed E-state index contributed by atoms with van der Waals surface area (Å²) in [6.07, 6.45) is 0.